The van der Waals surface area contributed by atoms with E-state index in [1.165, 1.54) is 28.6 Å². The third kappa shape index (κ3) is 5.89. The van der Waals surface area contributed by atoms with Gasteiger partial charge in [-0.05, 0) is 60.9 Å². The number of rotatable bonds is 7. The van der Waals surface area contributed by atoms with Crippen LogP contribution in [0.3, 0.4) is 0 Å². The average molecular weight is 524 g/mol. The van der Waals surface area contributed by atoms with E-state index in [0.717, 1.165) is 17.7 Å². The SMILES string of the molecule is CC(=O)N1CCC(Sc2ccc(N(Cc3ccc(F)cc3)S(=O)(=O)c3ccccc3)cc2C#N)CC1. The van der Waals surface area contributed by atoms with E-state index in [2.05, 4.69) is 6.07 Å². The summed E-state index contributed by atoms with van der Waals surface area (Å²) in [6.07, 6.45) is 1.66. The van der Waals surface area contributed by atoms with Crippen LogP contribution in [0.2, 0.25) is 0 Å². The highest BCUT2D eigenvalue weighted by Gasteiger charge is 2.27. The van der Waals surface area contributed by atoms with Crippen molar-refractivity contribution in [3.05, 3.63) is 89.7 Å². The Morgan fingerprint density at radius 3 is 2.36 bits per heavy atom. The molecule has 1 heterocycles. The number of carbonyl (C=O) groups excluding carboxylic acids is 1. The molecule has 3 aromatic rings. The van der Waals surface area contributed by atoms with E-state index < -0.39 is 15.8 Å². The molecule has 9 heteroatoms. The quantitative estimate of drug-likeness (QED) is 0.425. The van der Waals surface area contributed by atoms with Gasteiger partial charge in [-0.15, -0.1) is 11.8 Å². The van der Waals surface area contributed by atoms with E-state index in [9.17, 15) is 22.9 Å². The van der Waals surface area contributed by atoms with E-state index in [1.54, 1.807) is 67.2 Å². The zero-order valence-electron chi connectivity index (χ0n) is 19.8. The lowest BCUT2D eigenvalue weighted by Gasteiger charge is -2.31. The lowest BCUT2D eigenvalue weighted by atomic mass is 10.1. The molecule has 4 rings (SSSR count). The highest BCUT2D eigenvalue weighted by atomic mass is 32.2. The van der Waals surface area contributed by atoms with Crippen molar-refractivity contribution < 1.29 is 17.6 Å². The van der Waals surface area contributed by atoms with Crippen LogP contribution < -0.4 is 4.31 Å². The summed E-state index contributed by atoms with van der Waals surface area (Å²) in [6.45, 7) is 2.93. The first kappa shape index (κ1) is 25.7. The average Bonchev–Trinajstić information content (AvgIpc) is 2.89. The maximum absolute atomic E-state index is 13.6. The number of halogens is 1. The topological polar surface area (TPSA) is 81.5 Å². The monoisotopic (exact) mass is 523 g/mol. The molecule has 36 heavy (non-hydrogen) atoms. The van der Waals surface area contributed by atoms with Crippen LogP contribution in [0.5, 0.6) is 0 Å². The van der Waals surface area contributed by atoms with E-state index in [4.69, 9.17) is 0 Å². The molecule has 0 spiro atoms. The summed E-state index contributed by atoms with van der Waals surface area (Å²) in [5, 5.41) is 10.1. The number of carbonyl (C=O) groups is 1. The first-order valence-corrected chi connectivity index (χ1v) is 13.9. The van der Waals surface area contributed by atoms with Gasteiger partial charge in [0.25, 0.3) is 10.0 Å². The predicted octanol–water partition coefficient (Wildman–Crippen LogP) is 5.20. The van der Waals surface area contributed by atoms with Gasteiger partial charge in [-0.2, -0.15) is 5.26 Å². The lowest BCUT2D eigenvalue weighted by Crippen LogP contribution is -2.37. The fraction of sp³-hybridized carbons (Fsp3) is 0.259. The minimum Gasteiger partial charge on any atom is -0.343 e. The van der Waals surface area contributed by atoms with Gasteiger partial charge in [0, 0.05) is 30.2 Å². The van der Waals surface area contributed by atoms with E-state index in [1.807, 2.05) is 4.90 Å². The van der Waals surface area contributed by atoms with E-state index in [-0.39, 0.29) is 22.6 Å². The van der Waals surface area contributed by atoms with Crippen LogP contribution in [0.15, 0.2) is 82.6 Å². The van der Waals surface area contributed by atoms with Crippen molar-refractivity contribution in [1.29, 1.82) is 5.26 Å². The lowest BCUT2D eigenvalue weighted by molar-refractivity contribution is -0.129. The minimum absolute atomic E-state index is 0.0155. The molecular weight excluding hydrogens is 497 g/mol. The highest BCUT2D eigenvalue weighted by molar-refractivity contribution is 8.00. The number of benzene rings is 3. The third-order valence-electron chi connectivity index (χ3n) is 6.12. The van der Waals surface area contributed by atoms with Crippen LogP contribution >= 0.6 is 11.8 Å². The molecule has 1 aliphatic heterocycles. The Labute approximate surface area is 215 Å². The van der Waals surface area contributed by atoms with Gasteiger partial charge in [0.2, 0.25) is 5.91 Å². The first-order chi connectivity index (χ1) is 17.3. The van der Waals surface area contributed by atoms with E-state index >= 15 is 0 Å². The van der Waals surface area contributed by atoms with Gasteiger partial charge in [-0.25, -0.2) is 12.8 Å². The third-order valence-corrected chi connectivity index (χ3v) is 9.33. The number of amides is 1. The van der Waals surface area contributed by atoms with Crippen molar-refractivity contribution in [2.45, 2.75) is 41.4 Å². The Bertz CT molecular complexity index is 1370. The van der Waals surface area contributed by atoms with Gasteiger partial charge in [0.05, 0.1) is 22.7 Å². The number of nitriles is 1. The number of anilines is 1. The Kier molecular flexibility index (Phi) is 7.97. The van der Waals surface area contributed by atoms with Gasteiger partial charge in [-0.3, -0.25) is 9.10 Å². The number of hydrogen-bond donors (Lipinski definition) is 0. The smallest absolute Gasteiger partial charge is 0.264 e. The molecule has 0 unspecified atom stereocenters. The van der Waals surface area contributed by atoms with Crippen molar-refractivity contribution in [1.82, 2.24) is 4.90 Å². The number of sulfonamides is 1. The van der Waals surface area contributed by atoms with Gasteiger partial charge >= 0.3 is 0 Å². The molecule has 1 saturated heterocycles. The summed E-state index contributed by atoms with van der Waals surface area (Å²) in [5.74, 6) is -0.333. The second kappa shape index (κ2) is 11.1. The summed E-state index contributed by atoms with van der Waals surface area (Å²) in [7, 11) is -3.96. The van der Waals surface area contributed by atoms with Crippen LogP contribution in [0.25, 0.3) is 0 Å². The number of hydrogen-bond acceptors (Lipinski definition) is 5. The van der Waals surface area contributed by atoms with E-state index in [0.29, 0.717) is 29.9 Å². The molecule has 3 aromatic carbocycles. The Balaban J connectivity index is 1.64. The van der Waals surface area contributed by atoms with Gasteiger partial charge in [0.1, 0.15) is 11.9 Å². The molecular formula is C27H26FN3O3S2. The van der Waals surface area contributed by atoms with Crippen LogP contribution in [-0.2, 0) is 21.4 Å². The normalized spacial score (nSPS) is 14.3. The van der Waals surface area contributed by atoms with Crippen LogP contribution in [0.1, 0.15) is 30.9 Å². The number of piperidine rings is 1. The number of thioether (sulfide) groups is 1. The molecule has 1 fully saturated rings. The summed E-state index contributed by atoms with van der Waals surface area (Å²) < 4.78 is 41.9. The Hall–Kier alpha value is -3.35. The van der Waals surface area contributed by atoms with Gasteiger partial charge in [-0.1, -0.05) is 30.3 Å². The summed E-state index contributed by atoms with van der Waals surface area (Å²) in [4.78, 5) is 14.3. The van der Waals surface area contributed by atoms with Crippen LogP contribution in [0, 0.1) is 17.1 Å². The van der Waals surface area contributed by atoms with Gasteiger partial charge < -0.3 is 4.90 Å². The number of nitrogens with zero attached hydrogens (tertiary/aromatic N) is 3. The van der Waals surface area contributed by atoms with Crippen molar-refractivity contribution >= 4 is 33.4 Å². The number of likely N-dealkylation sites (tertiary alicyclic amines) is 1. The van der Waals surface area contributed by atoms with Crippen molar-refractivity contribution in [2.75, 3.05) is 17.4 Å². The molecule has 0 radical (unpaired) electrons. The molecule has 1 aliphatic rings. The molecule has 0 saturated carbocycles. The predicted molar refractivity (Wildman–Crippen MR) is 139 cm³/mol. The van der Waals surface area contributed by atoms with Crippen molar-refractivity contribution in [3.8, 4) is 6.07 Å². The fourth-order valence-electron chi connectivity index (χ4n) is 4.12. The standard InChI is InChI=1S/C27H26FN3O3S2/c1-20(32)30-15-13-25(14-16-30)35-27-12-11-24(17-22(27)18-29)31(19-21-7-9-23(28)10-8-21)36(33,34)26-5-3-2-4-6-26/h2-12,17,25H,13-16,19H2,1H3. The zero-order valence-corrected chi connectivity index (χ0v) is 21.4. The van der Waals surface area contributed by atoms with Gasteiger partial charge in [0.15, 0.2) is 0 Å². The molecule has 0 aromatic heterocycles. The molecule has 0 atom stereocenters. The van der Waals surface area contributed by atoms with Crippen molar-refractivity contribution in [3.63, 3.8) is 0 Å². The van der Waals surface area contributed by atoms with Crippen LogP contribution in [-0.4, -0.2) is 37.6 Å². The maximum atomic E-state index is 13.6. The Morgan fingerprint density at radius 1 is 1.08 bits per heavy atom. The van der Waals surface area contributed by atoms with Crippen LogP contribution in [0.4, 0.5) is 10.1 Å². The second-order valence-electron chi connectivity index (χ2n) is 8.57. The summed E-state index contributed by atoms with van der Waals surface area (Å²) in [5.41, 5.74) is 1.36. The molecule has 1 amide bonds. The highest BCUT2D eigenvalue weighted by Crippen LogP contribution is 2.36. The maximum Gasteiger partial charge on any atom is 0.264 e. The first-order valence-electron chi connectivity index (χ1n) is 11.6. The summed E-state index contributed by atoms with van der Waals surface area (Å²) >= 11 is 1.59. The largest absolute Gasteiger partial charge is 0.343 e. The molecule has 0 N–H and O–H groups in total. The summed E-state index contributed by atoms with van der Waals surface area (Å²) in [6, 6.07) is 21.1. The minimum atomic E-state index is -3.96. The zero-order chi connectivity index (χ0) is 25.7. The molecule has 186 valence electrons. The molecule has 0 aliphatic carbocycles. The van der Waals surface area contributed by atoms with Crippen molar-refractivity contribution in [2.24, 2.45) is 0 Å². The molecule has 0 bridgehead atoms. The molecule has 6 nitrogen and oxygen atoms in total. The Morgan fingerprint density at radius 2 is 1.75 bits per heavy atom. The fourth-order valence-corrected chi connectivity index (χ4v) is 6.77. The second-order valence-corrected chi connectivity index (χ2v) is 11.8.